The number of nitrogens with zero attached hydrogens (tertiary/aromatic N) is 1. The molecule has 48 heavy (non-hydrogen) atoms. The van der Waals surface area contributed by atoms with Crippen LogP contribution in [0.5, 0.6) is 23.0 Å². The van der Waals surface area contributed by atoms with Crippen molar-refractivity contribution in [1.29, 1.82) is 0 Å². The van der Waals surface area contributed by atoms with Crippen LogP contribution in [0.25, 0.3) is 27.6 Å². The van der Waals surface area contributed by atoms with Crippen LogP contribution >= 0.6 is 0 Å². The highest BCUT2D eigenvalue weighted by Gasteiger charge is 2.26. The molecule has 0 atom stereocenters. The van der Waals surface area contributed by atoms with Gasteiger partial charge in [0.2, 0.25) is 5.75 Å². The first-order chi connectivity index (χ1) is 22.9. The molecular weight excluding hydrogens is 614 g/mol. The Bertz CT molecular complexity index is 2010. The van der Waals surface area contributed by atoms with Crippen LogP contribution in [0.15, 0.2) is 89.7 Å². The summed E-state index contributed by atoms with van der Waals surface area (Å²) in [5.41, 5.74) is 7.34. The van der Waals surface area contributed by atoms with Gasteiger partial charge in [-0.2, -0.15) is 0 Å². The Morgan fingerprint density at radius 2 is 1.46 bits per heavy atom. The minimum absolute atomic E-state index is 0.0763. The molecule has 0 unspecified atom stereocenters. The molecule has 5 aromatic rings. The maximum Gasteiger partial charge on any atom is 0.412 e. The van der Waals surface area contributed by atoms with Gasteiger partial charge in [0.1, 0.15) is 23.7 Å². The van der Waals surface area contributed by atoms with Crippen LogP contribution in [-0.4, -0.2) is 43.5 Å². The summed E-state index contributed by atoms with van der Waals surface area (Å²) in [6, 6.07) is 24.5. The van der Waals surface area contributed by atoms with Crippen molar-refractivity contribution in [1.82, 2.24) is 4.57 Å². The van der Waals surface area contributed by atoms with Crippen molar-refractivity contribution in [3.05, 3.63) is 107 Å². The summed E-state index contributed by atoms with van der Waals surface area (Å²) >= 11 is 0. The van der Waals surface area contributed by atoms with Gasteiger partial charge in [-0.25, -0.2) is 4.79 Å². The second kappa shape index (κ2) is 13.8. The first-order valence-electron chi connectivity index (χ1n) is 15.0. The third kappa shape index (κ3) is 7.05. The molecule has 0 aliphatic rings. The number of carbonyl (C=O) groups is 2. The van der Waals surface area contributed by atoms with Crippen LogP contribution in [0.2, 0.25) is 0 Å². The van der Waals surface area contributed by atoms with E-state index in [1.165, 1.54) is 25.9 Å². The zero-order valence-corrected chi connectivity index (χ0v) is 27.6. The highest BCUT2D eigenvalue weighted by Crippen LogP contribution is 2.44. The molecule has 1 heterocycles. The quantitative estimate of drug-likeness (QED) is 0.170. The molecule has 0 saturated heterocycles. The van der Waals surface area contributed by atoms with E-state index in [2.05, 4.69) is 5.32 Å². The van der Waals surface area contributed by atoms with Gasteiger partial charge in [-0.15, -0.1) is 0 Å². The van der Waals surface area contributed by atoms with E-state index in [1.54, 1.807) is 75.4 Å². The van der Waals surface area contributed by atoms with Gasteiger partial charge >= 0.3 is 6.09 Å². The number of primary amides is 1. The molecule has 248 valence electrons. The van der Waals surface area contributed by atoms with E-state index in [0.29, 0.717) is 50.9 Å². The standard InChI is InChI=1S/C37H37N3O8/c1-37(2,3)48-36(43)39-24-12-14-25(15-13-24)40-32(34(38)41)31(23-18-29(44-4)33(46-6)30(19-23)45-5)27-17-16-26(20-28(27)35(40)42)47-21-22-10-8-7-9-11-22/h7-20H,21H2,1-6H3,(H2,38,41)(H,39,43). The minimum atomic E-state index is -0.849. The lowest BCUT2D eigenvalue weighted by atomic mass is 9.95. The van der Waals surface area contributed by atoms with Gasteiger partial charge in [-0.1, -0.05) is 30.3 Å². The lowest BCUT2D eigenvalue weighted by Crippen LogP contribution is -2.29. The smallest absolute Gasteiger partial charge is 0.412 e. The normalized spacial score (nSPS) is 11.1. The first-order valence-corrected chi connectivity index (χ1v) is 15.0. The number of methoxy groups -OCH3 is 3. The van der Waals surface area contributed by atoms with Crippen molar-refractivity contribution in [3.8, 4) is 39.8 Å². The summed E-state index contributed by atoms with van der Waals surface area (Å²) < 4.78 is 29.4. The van der Waals surface area contributed by atoms with Gasteiger partial charge in [-0.3, -0.25) is 19.5 Å². The second-order valence-electron chi connectivity index (χ2n) is 11.8. The zero-order chi connectivity index (χ0) is 34.6. The Kier molecular flexibility index (Phi) is 9.60. The Hall–Kier alpha value is -5.97. The van der Waals surface area contributed by atoms with Crippen LogP contribution < -0.4 is 35.6 Å². The summed E-state index contributed by atoms with van der Waals surface area (Å²) in [5, 5.41) is 3.39. The number of hydrogen-bond donors (Lipinski definition) is 2. The predicted molar refractivity (Wildman–Crippen MR) is 184 cm³/mol. The maximum atomic E-state index is 14.4. The molecular formula is C37H37N3O8. The van der Waals surface area contributed by atoms with Crippen molar-refractivity contribution in [2.45, 2.75) is 33.0 Å². The van der Waals surface area contributed by atoms with Crippen molar-refractivity contribution in [3.63, 3.8) is 0 Å². The molecule has 0 bridgehead atoms. The molecule has 0 fully saturated rings. The summed E-state index contributed by atoms with van der Waals surface area (Å²) in [5.74, 6) is 0.640. The van der Waals surface area contributed by atoms with Crippen molar-refractivity contribution < 1.29 is 33.3 Å². The third-order valence-corrected chi connectivity index (χ3v) is 7.36. The number of aromatic nitrogens is 1. The van der Waals surface area contributed by atoms with E-state index < -0.39 is 23.2 Å². The number of nitrogens with two attached hydrogens (primary N) is 1. The molecule has 0 radical (unpaired) electrons. The molecule has 3 N–H and O–H groups in total. The first kappa shape index (κ1) is 33.4. The highest BCUT2D eigenvalue weighted by molar-refractivity contribution is 6.09. The molecule has 0 saturated carbocycles. The molecule has 0 aliphatic carbocycles. The fourth-order valence-electron chi connectivity index (χ4n) is 5.32. The zero-order valence-electron chi connectivity index (χ0n) is 27.6. The summed E-state index contributed by atoms with van der Waals surface area (Å²) in [6.45, 7) is 5.57. The fourth-order valence-corrected chi connectivity index (χ4v) is 5.32. The number of hydrogen-bond acceptors (Lipinski definition) is 8. The second-order valence-corrected chi connectivity index (χ2v) is 11.8. The topological polar surface area (TPSA) is 140 Å². The minimum Gasteiger partial charge on any atom is -0.493 e. The summed E-state index contributed by atoms with van der Waals surface area (Å²) in [7, 11) is 4.46. The Labute approximate surface area is 277 Å². The number of anilines is 1. The average molecular weight is 652 g/mol. The summed E-state index contributed by atoms with van der Waals surface area (Å²) in [6.07, 6.45) is -0.635. The van der Waals surface area contributed by atoms with Gasteiger partial charge in [0, 0.05) is 16.9 Å². The number of ether oxygens (including phenoxy) is 5. The molecule has 1 aromatic heterocycles. The van der Waals surface area contributed by atoms with Crippen molar-refractivity contribution in [2.75, 3.05) is 26.6 Å². The predicted octanol–water partition coefficient (Wildman–Crippen LogP) is 6.71. The van der Waals surface area contributed by atoms with E-state index in [9.17, 15) is 14.4 Å². The number of fused-ring (bicyclic) bond motifs is 1. The number of rotatable bonds is 10. The SMILES string of the molecule is COc1cc(-c2c(C(N)=O)n(-c3ccc(NC(=O)OC(C)(C)C)cc3)c(=O)c3cc(OCc4ccccc4)ccc23)cc(OC)c1OC. The lowest BCUT2D eigenvalue weighted by molar-refractivity contribution is 0.0635. The summed E-state index contributed by atoms with van der Waals surface area (Å²) in [4.78, 5) is 40.1. The van der Waals surface area contributed by atoms with E-state index in [1.807, 2.05) is 30.3 Å². The average Bonchev–Trinajstić information content (AvgIpc) is 3.06. The van der Waals surface area contributed by atoms with Crippen LogP contribution in [0.3, 0.4) is 0 Å². The Morgan fingerprint density at radius 3 is 2.02 bits per heavy atom. The van der Waals surface area contributed by atoms with E-state index in [-0.39, 0.29) is 17.7 Å². The number of benzene rings is 4. The molecule has 0 aliphatic heterocycles. The number of nitrogens with one attached hydrogen (secondary N) is 1. The van der Waals surface area contributed by atoms with E-state index in [0.717, 1.165) is 5.56 Å². The molecule has 0 spiro atoms. The molecule has 2 amide bonds. The van der Waals surface area contributed by atoms with Gasteiger partial charge in [0.15, 0.2) is 11.5 Å². The van der Waals surface area contributed by atoms with E-state index in [4.69, 9.17) is 29.4 Å². The van der Waals surface area contributed by atoms with Crippen LogP contribution in [0, 0.1) is 0 Å². The van der Waals surface area contributed by atoms with Gasteiger partial charge in [0.25, 0.3) is 11.5 Å². The molecule has 4 aromatic carbocycles. The van der Waals surface area contributed by atoms with E-state index >= 15 is 0 Å². The van der Waals surface area contributed by atoms with Crippen molar-refractivity contribution in [2.24, 2.45) is 5.73 Å². The molecule has 5 rings (SSSR count). The number of amides is 2. The third-order valence-electron chi connectivity index (χ3n) is 7.36. The van der Waals surface area contributed by atoms with Gasteiger partial charge in [0.05, 0.1) is 26.7 Å². The maximum absolute atomic E-state index is 14.4. The Morgan fingerprint density at radius 1 is 0.812 bits per heavy atom. The van der Waals surface area contributed by atoms with Gasteiger partial charge < -0.3 is 29.4 Å². The monoisotopic (exact) mass is 651 g/mol. The largest absolute Gasteiger partial charge is 0.493 e. The fraction of sp³-hybridized carbons (Fsp3) is 0.216. The van der Waals surface area contributed by atoms with Crippen LogP contribution in [0.4, 0.5) is 10.5 Å². The molecule has 11 nitrogen and oxygen atoms in total. The highest BCUT2D eigenvalue weighted by atomic mass is 16.6. The number of carbonyl (C=O) groups excluding carboxylic acids is 2. The lowest BCUT2D eigenvalue weighted by Gasteiger charge is -2.21. The van der Waals surface area contributed by atoms with Crippen LogP contribution in [-0.2, 0) is 11.3 Å². The van der Waals surface area contributed by atoms with Crippen molar-refractivity contribution >= 4 is 28.5 Å². The molecule has 11 heteroatoms. The Balaban J connectivity index is 1.74. The number of pyridine rings is 1. The van der Waals surface area contributed by atoms with Gasteiger partial charge in [-0.05, 0) is 91.9 Å². The van der Waals surface area contributed by atoms with Crippen LogP contribution in [0.1, 0.15) is 36.8 Å².